The number of nitrogens with zero attached hydrogens (tertiary/aromatic N) is 2. The lowest BCUT2D eigenvalue weighted by Crippen LogP contribution is -2.45. The molecule has 7 nitrogen and oxygen atoms in total. The minimum Gasteiger partial charge on any atom is -0.385 e. The van der Waals surface area contributed by atoms with Crippen LogP contribution in [-0.4, -0.2) is 60.1 Å². The number of rotatable bonds is 12. The number of aryl methyl sites for hydroxylation is 2. The quantitative estimate of drug-likeness (QED) is 0.225. The van der Waals surface area contributed by atoms with E-state index in [1.165, 1.54) is 10.9 Å². The fourth-order valence-corrected chi connectivity index (χ4v) is 4.75. The van der Waals surface area contributed by atoms with Crippen molar-refractivity contribution in [2.24, 2.45) is 0 Å². The predicted octanol–water partition coefficient (Wildman–Crippen LogP) is 5.93. The lowest BCUT2D eigenvalue weighted by molar-refractivity contribution is -0.132. The van der Waals surface area contributed by atoms with Gasteiger partial charge in [0.15, 0.2) is 0 Å². The predicted molar refractivity (Wildman–Crippen MR) is 157 cm³/mol. The van der Waals surface area contributed by atoms with Crippen molar-refractivity contribution in [3.05, 3.63) is 101 Å². The number of nitrogens with one attached hydrogen (secondary N) is 2. The highest BCUT2D eigenvalue weighted by Crippen LogP contribution is 2.20. The molecule has 3 aromatic carbocycles. The Kier molecular flexibility index (Phi) is 9.75. The number of hydrogen-bond donors (Lipinski definition) is 2. The van der Waals surface area contributed by atoms with Gasteiger partial charge in [0.2, 0.25) is 5.91 Å². The number of aromatic amines is 1. The van der Waals surface area contributed by atoms with Crippen LogP contribution in [0.4, 0.5) is 10.5 Å². The Labute approximate surface area is 230 Å². The fourth-order valence-electron chi connectivity index (χ4n) is 4.75. The van der Waals surface area contributed by atoms with E-state index in [1.807, 2.05) is 85.6 Å². The summed E-state index contributed by atoms with van der Waals surface area (Å²) in [6, 6.07) is 23.8. The van der Waals surface area contributed by atoms with Gasteiger partial charge >= 0.3 is 6.03 Å². The van der Waals surface area contributed by atoms with Crippen LogP contribution in [0.25, 0.3) is 10.9 Å². The summed E-state index contributed by atoms with van der Waals surface area (Å²) in [6.45, 7) is 5.92. The number of ether oxygens (including phenoxy) is 1. The molecule has 0 radical (unpaired) electrons. The standard InChI is InChI=1S/C32H38N4O3/c1-24-14-15-29(25(2)20-24)34-32(38)36(17-9-19-39-3)23-31(37)35(22-26-10-5-4-6-11-26)18-16-27-21-33-30-13-8-7-12-28(27)30/h4-8,10-15,20-21,33H,9,16-19,22-23H2,1-3H3,(H,34,38). The molecule has 0 saturated heterocycles. The van der Waals surface area contributed by atoms with Crippen molar-refractivity contribution in [1.29, 1.82) is 0 Å². The number of urea groups is 1. The normalized spacial score (nSPS) is 10.9. The third-order valence-corrected chi connectivity index (χ3v) is 6.91. The van der Waals surface area contributed by atoms with Crippen molar-refractivity contribution in [3.63, 3.8) is 0 Å². The van der Waals surface area contributed by atoms with Gasteiger partial charge in [-0.15, -0.1) is 0 Å². The van der Waals surface area contributed by atoms with Crippen LogP contribution in [0.3, 0.4) is 0 Å². The Bertz CT molecular complexity index is 1380. The summed E-state index contributed by atoms with van der Waals surface area (Å²) in [5.41, 5.74) is 6.16. The van der Waals surface area contributed by atoms with Crippen LogP contribution in [0.2, 0.25) is 0 Å². The van der Waals surface area contributed by atoms with Crippen molar-refractivity contribution in [2.45, 2.75) is 33.2 Å². The molecule has 0 aliphatic carbocycles. The average molecular weight is 527 g/mol. The summed E-state index contributed by atoms with van der Waals surface area (Å²) in [5, 5.41) is 4.17. The molecule has 4 aromatic rings. The first-order valence-corrected chi connectivity index (χ1v) is 13.4. The number of anilines is 1. The molecule has 0 bridgehead atoms. The maximum absolute atomic E-state index is 13.7. The molecule has 39 heavy (non-hydrogen) atoms. The van der Waals surface area contributed by atoms with E-state index in [2.05, 4.69) is 22.4 Å². The largest absolute Gasteiger partial charge is 0.385 e. The van der Waals surface area contributed by atoms with Crippen LogP contribution in [0.15, 0.2) is 79.0 Å². The lowest BCUT2D eigenvalue weighted by Gasteiger charge is -2.28. The van der Waals surface area contributed by atoms with Crippen LogP contribution in [0.5, 0.6) is 0 Å². The van der Waals surface area contributed by atoms with Gasteiger partial charge in [-0.05, 0) is 55.5 Å². The van der Waals surface area contributed by atoms with Crippen molar-refractivity contribution in [2.75, 3.05) is 38.7 Å². The van der Waals surface area contributed by atoms with Gasteiger partial charge in [0.1, 0.15) is 6.54 Å². The molecule has 0 spiro atoms. The first-order chi connectivity index (χ1) is 18.9. The van der Waals surface area contributed by atoms with E-state index < -0.39 is 0 Å². The number of aromatic nitrogens is 1. The van der Waals surface area contributed by atoms with Gasteiger partial charge in [0, 0.05) is 56.1 Å². The van der Waals surface area contributed by atoms with Crippen molar-refractivity contribution in [3.8, 4) is 0 Å². The maximum atomic E-state index is 13.7. The number of benzene rings is 3. The van der Waals surface area contributed by atoms with Gasteiger partial charge in [-0.2, -0.15) is 0 Å². The van der Waals surface area contributed by atoms with Crippen LogP contribution < -0.4 is 5.32 Å². The molecule has 1 heterocycles. The molecular formula is C32H38N4O3. The molecule has 3 amide bonds. The number of methoxy groups -OCH3 is 1. The highest BCUT2D eigenvalue weighted by molar-refractivity contribution is 5.93. The van der Waals surface area contributed by atoms with Crippen molar-refractivity contribution in [1.82, 2.24) is 14.8 Å². The molecule has 7 heteroatoms. The monoisotopic (exact) mass is 526 g/mol. The molecule has 204 valence electrons. The minimum atomic E-state index is -0.289. The molecule has 0 fully saturated rings. The molecule has 2 N–H and O–H groups in total. The molecule has 0 aliphatic rings. The average Bonchev–Trinajstić information content (AvgIpc) is 3.35. The van der Waals surface area contributed by atoms with Crippen LogP contribution in [0, 0.1) is 13.8 Å². The zero-order chi connectivity index (χ0) is 27.6. The van der Waals surface area contributed by atoms with Gasteiger partial charge in [-0.3, -0.25) is 4.79 Å². The Morgan fingerprint density at radius 3 is 2.46 bits per heavy atom. The first-order valence-electron chi connectivity index (χ1n) is 13.4. The second-order valence-electron chi connectivity index (χ2n) is 9.93. The number of carbonyl (C=O) groups excluding carboxylic acids is 2. The van der Waals surface area contributed by atoms with Crippen molar-refractivity contribution < 1.29 is 14.3 Å². The summed E-state index contributed by atoms with van der Waals surface area (Å²) in [5.74, 6) is -0.0908. The fraction of sp³-hybridized carbons (Fsp3) is 0.312. The maximum Gasteiger partial charge on any atom is 0.322 e. The third kappa shape index (κ3) is 7.71. The smallest absolute Gasteiger partial charge is 0.322 e. The summed E-state index contributed by atoms with van der Waals surface area (Å²) >= 11 is 0. The summed E-state index contributed by atoms with van der Waals surface area (Å²) < 4.78 is 5.21. The highest BCUT2D eigenvalue weighted by atomic mass is 16.5. The van der Waals surface area contributed by atoms with E-state index in [-0.39, 0.29) is 18.5 Å². The van der Waals surface area contributed by atoms with Gasteiger partial charge in [-0.1, -0.05) is 66.2 Å². The Morgan fingerprint density at radius 2 is 1.69 bits per heavy atom. The summed E-state index contributed by atoms with van der Waals surface area (Å²) in [7, 11) is 1.64. The van der Waals surface area contributed by atoms with E-state index in [0.717, 1.165) is 27.9 Å². The van der Waals surface area contributed by atoms with E-state index in [9.17, 15) is 9.59 Å². The van der Waals surface area contributed by atoms with E-state index in [1.54, 1.807) is 12.0 Å². The molecule has 1 aromatic heterocycles. The van der Waals surface area contributed by atoms with Crippen molar-refractivity contribution >= 4 is 28.5 Å². The van der Waals surface area contributed by atoms with E-state index in [0.29, 0.717) is 39.1 Å². The SMILES string of the molecule is COCCCN(CC(=O)N(CCc1c[nH]c2ccccc12)Cc1ccccc1)C(=O)Nc1ccc(C)cc1C. The van der Waals surface area contributed by atoms with Crippen LogP contribution >= 0.6 is 0 Å². The molecular weight excluding hydrogens is 488 g/mol. The summed E-state index contributed by atoms with van der Waals surface area (Å²) in [6.07, 6.45) is 3.36. The van der Waals surface area contributed by atoms with E-state index >= 15 is 0 Å². The van der Waals surface area contributed by atoms with E-state index in [4.69, 9.17) is 4.74 Å². The Morgan fingerprint density at radius 1 is 0.923 bits per heavy atom. The zero-order valence-electron chi connectivity index (χ0n) is 23.1. The molecule has 0 saturated carbocycles. The third-order valence-electron chi connectivity index (χ3n) is 6.91. The second kappa shape index (κ2) is 13.6. The number of para-hydroxylation sites is 1. The van der Waals surface area contributed by atoms with Crippen LogP contribution in [0.1, 0.15) is 28.7 Å². The van der Waals surface area contributed by atoms with Gasteiger partial charge in [0.05, 0.1) is 0 Å². The number of fused-ring (bicyclic) bond motifs is 1. The molecule has 4 rings (SSSR count). The molecule has 0 atom stereocenters. The Balaban J connectivity index is 1.50. The number of carbonyl (C=O) groups is 2. The minimum absolute atomic E-state index is 0.0127. The second-order valence-corrected chi connectivity index (χ2v) is 9.93. The lowest BCUT2D eigenvalue weighted by atomic mass is 10.1. The van der Waals surface area contributed by atoms with Gasteiger partial charge < -0.3 is 24.8 Å². The number of hydrogen-bond acceptors (Lipinski definition) is 3. The number of H-pyrrole nitrogens is 1. The Hall–Kier alpha value is -4.10. The topological polar surface area (TPSA) is 77.7 Å². The van der Waals surface area contributed by atoms with Crippen LogP contribution in [-0.2, 0) is 22.5 Å². The highest BCUT2D eigenvalue weighted by Gasteiger charge is 2.22. The molecule has 0 aliphatic heterocycles. The summed E-state index contributed by atoms with van der Waals surface area (Å²) in [4.78, 5) is 33.9. The van der Waals surface area contributed by atoms with Gasteiger partial charge in [0.25, 0.3) is 0 Å². The zero-order valence-corrected chi connectivity index (χ0v) is 23.1. The molecule has 0 unspecified atom stereocenters. The number of amides is 3. The van der Waals surface area contributed by atoms with Gasteiger partial charge in [-0.25, -0.2) is 4.79 Å². The first kappa shape index (κ1) is 27.9.